The van der Waals surface area contributed by atoms with Crippen molar-refractivity contribution in [2.45, 2.75) is 12.5 Å². The highest BCUT2D eigenvalue weighted by atomic mass is 32.2. The fraction of sp³-hybridized carbons (Fsp3) is 0.400. The number of ether oxygens (including phenoxy) is 1. The first-order valence-corrected chi connectivity index (χ1v) is 8.50. The Kier molecular flexibility index (Phi) is 5.86. The topological polar surface area (TPSA) is 87.7 Å². The first-order valence-electron chi connectivity index (χ1n) is 7.10. The van der Waals surface area contributed by atoms with Crippen molar-refractivity contribution < 1.29 is 19.1 Å². The average Bonchev–Trinajstić information content (AvgIpc) is 2.56. The number of para-hydroxylation sites is 2. The highest BCUT2D eigenvalue weighted by molar-refractivity contribution is 7.98. The van der Waals surface area contributed by atoms with Crippen LogP contribution in [0.3, 0.4) is 0 Å². The van der Waals surface area contributed by atoms with Crippen molar-refractivity contribution in [3.05, 3.63) is 24.3 Å². The van der Waals surface area contributed by atoms with Gasteiger partial charge in [-0.25, -0.2) is 9.59 Å². The molecule has 124 valence electrons. The van der Waals surface area contributed by atoms with Gasteiger partial charge in [0.05, 0.1) is 18.5 Å². The lowest BCUT2D eigenvalue weighted by Crippen LogP contribution is -2.52. The summed E-state index contributed by atoms with van der Waals surface area (Å²) in [6.45, 7) is -0.0979. The number of hydrogen-bond donors (Lipinski definition) is 2. The molecule has 0 saturated carbocycles. The first-order chi connectivity index (χ1) is 11.1. The number of rotatable bonds is 5. The first kappa shape index (κ1) is 17.1. The van der Waals surface area contributed by atoms with Gasteiger partial charge in [-0.15, -0.1) is 0 Å². The minimum absolute atomic E-state index is 0.0979. The van der Waals surface area contributed by atoms with E-state index < -0.39 is 18.0 Å². The van der Waals surface area contributed by atoms with E-state index in [2.05, 4.69) is 10.6 Å². The number of hydrogen-bond acceptors (Lipinski definition) is 5. The minimum Gasteiger partial charge on any atom is -0.467 e. The number of esters is 1. The van der Waals surface area contributed by atoms with Crippen LogP contribution in [0.15, 0.2) is 24.3 Å². The van der Waals surface area contributed by atoms with Crippen LogP contribution in [-0.4, -0.2) is 49.6 Å². The van der Waals surface area contributed by atoms with Gasteiger partial charge in [0.25, 0.3) is 0 Å². The largest absolute Gasteiger partial charge is 0.467 e. The number of amides is 3. The number of fused-ring (bicyclic) bond motifs is 1. The number of carbonyl (C=O) groups excluding carboxylic acids is 3. The van der Waals surface area contributed by atoms with Crippen LogP contribution in [0.2, 0.25) is 0 Å². The number of carbonyl (C=O) groups is 3. The van der Waals surface area contributed by atoms with Crippen molar-refractivity contribution in [2.24, 2.45) is 0 Å². The molecule has 1 aromatic rings. The van der Waals surface area contributed by atoms with Crippen LogP contribution in [-0.2, 0) is 14.3 Å². The normalized spacial score (nSPS) is 14.5. The highest BCUT2D eigenvalue weighted by Gasteiger charge is 2.29. The maximum Gasteiger partial charge on any atom is 0.328 e. The van der Waals surface area contributed by atoms with Crippen molar-refractivity contribution in [1.29, 1.82) is 0 Å². The summed E-state index contributed by atoms with van der Waals surface area (Å²) in [5, 5.41) is 5.36. The van der Waals surface area contributed by atoms with Crippen molar-refractivity contribution in [3.8, 4) is 0 Å². The fourth-order valence-corrected chi connectivity index (χ4v) is 2.74. The number of nitrogens with one attached hydrogen (secondary N) is 2. The molecular weight excluding hydrogens is 318 g/mol. The van der Waals surface area contributed by atoms with Gasteiger partial charge in [0.1, 0.15) is 12.6 Å². The molecule has 1 heterocycles. The second-order valence-corrected chi connectivity index (χ2v) is 5.94. The van der Waals surface area contributed by atoms with Gasteiger partial charge in [-0.3, -0.25) is 9.69 Å². The van der Waals surface area contributed by atoms with E-state index in [1.807, 2.05) is 6.26 Å². The van der Waals surface area contributed by atoms with Crippen LogP contribution < -0.4 is 15.5 Å². The molecule has 3 amide bonds. The SMILES string of the molecule is COC(=O)[C@H](CCSC)NC(=O)N1CC(=O)Nc2ccccc21. The Morgan fingerprint density at radius 1 is 1.43 bits per heavy atom. The van der Waals surface area contributed by atoms with Gasteiger partial charge in [-0.05, 0) is 30.6 Å². The zero-order chi connectivity index (χ0) is 16.8. The van der Waals surface area contributed by atoms with Gasteiger partial charge >= 0.3 is 12.0 Å². The third-order valence-electron chi connectivity index (χ3n) is 3.41. The molecule has 1 atom stereocenters. The lowest BCUT2D eigenvalue weighted by Gasteiger charge is -2.30. The third kappa shape index (κ3) is 4.16. The number of methoxy groups -OCH3 is 1. The Balaban J connectivity index is 2.15. The van der Waals surface area contributed by atoms with Gasteiger partial charge in [0.15, 0.2) is 0 Å². The number of nitrogens with zero attached hydrogens (tertiary/aromatic N) is 1. The molecule has 0 radical (unpaired) electrons. The van der Waals surface area contributed by atoms with Gasteiger partial charge in [-0.2, -0.15) is 11.8 Å². The van der Waals surface area contributed by atoms with E-state index in [4.69, 9.17) is 4.74 Å². The lowest BCUT2D eigenvalue weighted by atomic mass is 10.2. The van der Waals surface area contributed by atoms with E-state index in [1.54, 1.807) is 36.0 Å². The molecular formula is C15H19N3O4S. The predicted molar refractivity (Wildman–Crippen MR) is 89.8 cm³/mol. The Labute approximate surface area is 138 Å². The summed E-state index contributed by atoms with van der Waals surface area (Å²) in [7, 11) is 1.28. The summed E-state index contributed by atoms with van der Waals surface area (Å²) >= 11 is 1.57. The second kappa shape index (κ2) is 7.87. The van der Waals surface area contributed by atoms with Crippen LogP contribution >= 0.6 is 11.8 Å². The number of anilines is 2. The maximum absolute atomic E-state index is 12.5. The smallest absolute Gasteiger partial charge is 0.328 e. The van der Waals surface area contributed by atoms with E-state index in [0.717, 1.165) is 0 Å². The van der Waals surface area contributed by atoms with Crippen molar-refractivity contribution in [3.63, 3.8) is 0 Å². The zero-order valence-corrected chi connectivity index (χ0v) is 13.8. The quantitative estimate of drug-likeness (QED) is 0.794. The molecule has 0 bridgehead atoms. The van der Waals surface area contributed by atoms with E-state index in [-0.39, 0.29) is 12.5 Å². The third-order valence-corrected chi connectivity index (χ3v) is 4.05. The average molecular weight is 337 g/mol. The molecule has 0 saturated heterocycles. The standard InChI is InChI=1S/C15H19N3O4S/c1-22-14(20)11(7-8-23-2)17-15(21)18-9-13(19)16-10-5-3-4-6-12(10)18/h3-6,11H,7-9H2,1-2H3,(H,16,19)(H,17,21)/t11-/m0/s1. The van der Waals surface area contributed by atoms with Crippen LogP contribution in [0.25, 0.3) is 0 Å². The Bertz CT molecular complexity index is 608. The molecule has 2 N–H and O–H groups in total. The predicted octanol–water partition coefficient (Wildman–Crippen LogP) is 1.45. The van der Waals surface area contributed by atoms with E-state index in [9.17, 15) is 14.4 Å². The van der Waals surface area contributed by atoms with Gasteiger partial charge in [0.2, 0.25) is 5.91 Å². The van der Waals surface area contributed by atoms with Gasteiger partial charge in [0, 0.05) is 0 Å². The summed E-state index contributed by atoms with van der Waals surface area (Å²) in [5.41, 5.74) is 1.16. The molecule has 1 aliphatic rings. The van der Waals surface area contributed by atoms with Crippen molar-refractivity contribution in [2.75, 3.05) is 35.9 Å². The van der Waals surface area contributed by atoms with Crippen LogP contribution in [0.5, 0.6) is 0 Å². The number of thioether (sulfide) groups is 1. The molecule has 2 rings (SSSR count). The number of urea groups is 1. The summed E-state index contributed by atoms with van der Waals surface area (Å²) < 4.78 is 4.73. The van der Waals surface area contributed by atoms with Crippen molar-refractivity contribution >= 4 is 41.0 Å². The highest BCUT2D eigenvalue weighted by Crippen LogP contribution is 2.28. The molecule has 7 nitrogen and oxygen atoms in total. The second-order valence-electron chi connectivity index (χ2n) is 4.96. The van der Waals surface area contributed by atoms with Gasteiger partial charge < -0.3 is 15.4 Å². The Morgan fingerprint density at radius 3 is 2.87 bits per heavy atom. The molecule has 0 aliphatic carbocycles. The number of benzene rings is 1. The summed E-state index contributed by atoms with van der Waals surface area (Å²) in [4.78, 5) is 37.4. The summed E-state index contributed by atoms with van der Waals surface area (Å²) in [5.74, 6) is -0.0726. The van der Waals surface area contributed by atoms with Crippen LogP contribution in [0, 0.1) is 0 Å². The fourth-order valence-electron chi connectivity index (χ4n) is 2.27. The zero-order valence-electron chi connectivity index (χ0n) is 13.0. The monoisotopic (exact) mass is 337 g/mol. The Morgan fingerprint density at radius 2 is 2.17 bits per heavy atom. The molecule has 8 heteroatoms. The van der Waals surface area contributed by atoms with E-state index in [0.29, 0.717) is 23.5 Å². The lowest BCUT2D eigenvalue weighted by molar-refractivity contribution is -0.142. The maximum atomic E-state index is 12.5. The Hall–Kier alpha value is -2.22. The van der Waals surface area contributed by atoms with Crippen molar-refractivity contribution in [1.82, 2.24) is 5.32 Å². The summed E-state index contributed by atoms with van der Waals surface area (Å²) in [6.07, 6.45) is 2.38. The summed E-state index contributed by atoms with van der Waals surface area (Å²) in [6, 6.07) is 5.78. The molecule has 0 aromatic heterocycles. The molecule has 23 heavy (non-hydrogen) atoms. The van der Waals surface area contributed by atoms with E-state index in [1.165, 1.54) is 12.0 Å². The molecule has 0 spiro atoms. The van der Waals surface area contributed by atoms with Crippen LogP contribution in [0.4, 0.5) is 16.2 Å². The molecule has 0 fully saturated rings. The minimum atomic E-state index is -0.739. The van der Waals surface area contributed by atoms with Gasteiger partial charge in [-0.1, -0.05) is 12.1 Å². The van der Waals surface area contributed by atoms with Crippen LogP contribution in [0.1, 0.15) is 6.42 Å². The molecule has 1 aliphatic heterocycles. The molecule has 0 unspecified atom stereocenters. The molecule has 1 aromatic carbocycles. The van der Waals surface area contributed by atoms with E-state index >= 15 is 0 Å².